The van der Waals surface area contributed by atoms with E-state index in [4.69, 9.17) is 4.74 Å². The average Bonchev–Trinajstić information content (AvgIpc) is 2.49. The van der Waals surface area contributed by atoms with Gasteiger partial charge in [0.05, 0.1) is 6.61 Å². The summed E-state index contributed by atoms with van der Waals surface area (Å²) in [7, 11) is 3.64. The van der Waals surface area contributed by atoms with Crippen LogP contribution in [-0.4, -0.2) is 25.6 Å². The van der Waals surface area contributed by atoms with Crippen LogP contribution in [-0.2, 0) is 16.1 Å². The first-order valence-electron chi connectivity index (χ1n) is 7.74. The number of amides is 1. The van der Waals surface area contributed by atoms with Crippen LogP contribution >= 0.6 is 0 Å². The van der Waals surface area contributed by atoms with Gasteiger partial charge >= 0.3 is 0 Å². The van der Waals surface area contributed by atoms with Crippen molar-refractivity contribution in [3.05, 3.63) is 29.8 Å². The van der Waals surface area contributed by atoms with Crippen molar-refractivity contribution in [2.75, 3.05) is 19.5 Å². The molecule has 21 heavy (non-hydrogen) atoms. The fourth-order valence-electron chi connectivity index (χ4n) is 3.16. The second-order valence-electron chi connectivity index (χ2n) is 5.95. The van der Waals surface area contributed by atoms with Crippen LogP contribution < -0.4 is 10.6 Å². The maximum atomic E-state index is 12.3. The van der Waals surface area contributed by atoms with Gasteiger partial charge in [-0.1, -0.05) is 31.4 Å². The number of methoxy groups -OCH3 is 1. The minimum absolute atomic E-state index is 0.0214. The summed E-state index contributed by atoms with van der Waals surface area (Å²) >= 11 is 0. The number of carbonyl (C=O) groups is 1. The van der Waals surface area contributed by atoms with Crippen LogP contribution in [0.15, 0.2) is 24.3 Å². The van der Waals surface area contributed by atoms with Crippen molar-refractivity contribution in [1.82, 2.24) is 5.32 Å². The van der Waals surface area contributed by atoms with Crippen LogP contribution in [0.4, 0.5) is 5.69 Å². The molecular formula is C17H26N2O2. The maximum Gasteiger partial charge on any atom is 0.226 e. The Labute approximate surface area is 127 Å². The fraction of sp³-hybridized carbons (Fsp3) is 0.588. The van der Waals surface area contributed by atoms with E-state index in [0.717, 1.165) is 24.1 Å². The summed E-state index contributed by atoms with van der Waals surface area (Å²) in [5, 5.41) is 6.40. The van der Waals surface area contributed by atoms with Crippen LogP contribution in [0, 0.1) is 0 Å². The lowest BCUT2D eigenvalue weighted by molar-refractivity contribution is -0.117. The van der Waals surface area contributed by atoms with Crippen molar-refractivity contribution >= 4 is 11.6 Å². The molecule has 1 amide bonds. The average molecular weight is 290 g/mol. The molecule has 116 valence electrons. The molecule has 0 heterocycles. The lowest BCUT2D eigenvalue weighted by Gasteiger charge is -2.36. The van der Waals surface area contributed by atoms with Crippen LogP contribution in [0.5, 0.6) is 0 Å². The van der Waals surface area contributed by atoms with Gasteiger partial charge in [0.25, 0.3) is 0 Å². The molecule has 0 saturated heterocycles. The lowest BCUT2D eigenvalue weighted by Crippen LogP contribution is -2.47. The molecule has 0 atom stereocenters. The number of ether oxygens (including phenoxy) is 1. The van der Waals surface area contributed by atoms with E-state index in [-0.39, 0.29) is 11.4 Å². The summed E-state index contributed by atoms with van der Waals surface area (Å²) < 4.78 is 5.12. The first-order valence-corrected chi connectivity index (χ1v) is 7.74. The summed E-state index contributed by atoms with van der Waals surface area (Å²) in [5.41, 5.74) is 1.89. The topological polar surface area (TPSA) is 50.4 Å². The Balaban J connectivity index is 1.95. The van der Waals surface area contributed by atoms with E-state index >= 15 is 0 Å². The number of hydrogen-bond acceptors (Lipinski definition) is 3. The van der Waals surface area contributed by atoms with Gasteiger partial charge in [0.1, 0.15) is 0 Å². The highest BCUT2D eigenvalue weighted by atomic mass is 16.5. The van der Waals surface area contributed by atoms with Crippen molar-refractivity contribution in [2.24, 2.45) is 0 Å². The summed E-state index contributed by atoms with van der Waals surface area (Å²) in [6.45, 7) is 0.560. The fourth-order valence-corrected chi connectivity index (χ4v) is 3.16. The molecular weight excluding hydrogens is 264 g/mol. The van der Waals surface area contributed by atoms with E-state index in [1.54, 1.807) is 7.11 Å². The summed E-state index contributed by atoms with van der Waals surface area (Å²) in [6, 6.07) is 7.83. The Bertz CT molecular complexity index is 468. The molecule has 0 radical (unpaired) electrons. The van der Waals surface area contributed by atoms with Gasteiger partial charge in [-0.25, -0.2) is 0 Å². The zero-order valence-electron chi connectivity index (χ0n) is 13.1. The van der Waals surface area contributed by atoms with Gasteiger partial charge in [-0.05, 0) is 37.6 Å². The Morgan fingerprint density at radius 3 is 2.71 bits per heavy atom. The maximum absolute atomic E-state index is 12.3. The zero-order chi connectivity index (χ0) is 15.1. The number of hydrogen-bond donors (Lipinski definition) is 2. The SMILES string of the molecule is CNC1(CC(=O)Nc2cccc(COC)c2)CCCCC1. The third-order valence-electron chi connectivity index (χ3n) is 4.36. The van der Waals surface area contributed by atoms with Crippen LogP contribution in [0.25, 0.3) is 0 Å². The van der Waals surface area contributed by atoms with Crippen molar-refractivity contribution < 1.29 is 9.53 Å². The van der Waals surface area contributed by atoms with Crippen LogP contribution in [0.1, 0.15) is 44.1 Å². The van der Waals surface area contributed by atoms with E-state index in [0.29, 0.717) is 13.0 Å². The Morgan fingerprint density at radius 2 is 2.05 bits per heavy atom. The molecule has 1 aliphatic rings. The molecule has 1 aromatic carbocycles. The van der Waals surface area contributed by atoms with E-state index in [9.17, 15) is 4.79 Å². The van der Waals surface area contributed by atoms with E-state index in [1.807, 2.05) is 31.3 Å². The highest BCUT2D eigenvalue weighted by molar-refractivity contribution is 5.91. The molecule has 0 aliphatic heterocycles. The molecule has 0 spiro atoms. The third kappa shape index (κ3) is 4.55. The van der Waals surface area contributed by atoms with Gasteiger partial charge in [-0.3, -0.25) is 4.79 Å². The largest absolute Gasteiger partial charge is 0.380 e. The third-order valence-corrected chi connectivity index (χ3v) is 4.36. The minimum atomic E-state index is -0.0214. The molecule has 1 aliphatic carbocycles. The molecule has 0 aromatic heterocycles. The molecule has 1 saturated carbocycles. The number of nitrogens with one attached hydrogen (secondary N) is 2. The summed E-state index contributed by atoms with van der Waals surface area (Å²) in [4.78, 5) is 12.3. The van der Waals surface area contributed by atoms with Crippen molar-refractivity contribution in [2.45, 2.75) is 50.7 Å². The normalized spacial score (nSPS) is 17.4. The number of rotatable bonds is 6. The molecule has 0 unspecified atom stereocenters. The number of benzene rings is 1. The number of carbonyl (C=O) groups excluding carboxylic acids is 1. The molecule has 1 fully saturated rings. The molecule has 1 aromatic rings. The standard InChI is InChI=1S/C17H26N2O2/c1-18-17(9-4-3-5-10-17)12-16(20)19-15-8-6-7-14(11-15)13-21-2/h6-8,11,18H,3-5,9-10,12-13H2,1-2H3,(H,19,20). The smallest absolute Gasteiger partial charge is 0.226 e. The first-order chi connectivity index (χ1) is 10.2. The molecule has 4 heteroatoms. The Hall–Kier alpha value is -1.39. The quantitative estimate of drug-likeness (QED) is 0.846. The van der Waals surface area contributed by atoms with E-state index in [2.05, 4.69) is 10.6 Å². The van der Waals surface area contributed by atoms with Crippen LogP contribution in [0.2, 0.25) is 0 Å². The van der Waals surface area contributed by atoms with Gasteiger partial charge < -0.3 is 15.4 Å². The van der Waals surface area contributed by atoms with Crippen molar-refractivity contribution in [1.29, 1.82) is 0 Å². The highest BCUT2D eigenvalue weighted by Crippen LogP contribution is 2.31. The first kappa shape index (κ1) is 16.0. The monoisotopic (exact) mass is 290 g/mol. The highest BCUT2D eigenvalue weighted by Gasteiger charge is 2.32. The van der Waals surface area contributed by atoms with Gasteiger partial charge in [0.15, 0.2) is 0 Å². The molecule has 2 rings (SSSR count). The lowest BCUT2D eigenvalue weighted by atomic mass is 9.79. The second kappa shape index (κ2) is 7.57. The van der Waals surface area contributed by atoms with Gasteiger partial charge in [0.2, 0.25) is 5.91 Å². The predicted molar refractivity (Wildman–Crippen MR) is 85.3 cm³/mol. The molecule has 2 N–H and O–H groups in total. The molecule has 4 nitrogen and oxygen atoms in total. The van der Waals surface area contributed by atoms with Crippen LogP contribution in [0.3, 0.4) is 0 Å². The van der Waals surface area contributed by atoms with Gasteiger partial charge in [-0.15, -0.1) is 0 Å². The second-order valence-corrected chi connectivity index (χ2v) is 5.95. The van der Waals surface area contributed by atoms with Gasteiger partial charge in [-0.2, -0.15) is 0 Å². The summed E-state index contributed by atoms with van der Waals surface area (Å²) in [5.74, 6) is 0.0841. The predicted octanol–water partition coefficient (Wildman–Crippen LogP) is 3.08. The molecule has 0 bridgehead atoms. The zero-order valence-corrected chi connectivity index (χ0v) is 13.1. The Morgan fingerprint density at radius 1 is 1.29 bits per heavy atom. The van der Waals surface area contributed by atoms with E-state index < -0.39 is 0 Å². The van der Waals surface area contributed by atoms with Crippen molar-refractivity contribution in [3.63, 3.8) is 0 Å². The number of anilines is 1. The van der Waals surface area contributed by atoms with E-state index in [1.165, 1.54) is 19.3 Å². The van der Waals surface area contributed by atoms with Crippen molar-refractivity contribution in [3.8, 4) is 0 Å². The minimum Gasteiger partial charge on any atom is -0.380 e. The Kier molecular flexibility index (Phi) is 5.76. The summed E-state index contributed by atoms with van der Waals surface area (Å²) in [6.07, 6.45) is 6.40. The van der Waals surface area contributed by atoms with Gasteiger partial charge in [0, 0.05) is 24.8 Å².